The lowest BCUT2D eigenvalue weighted by Gasteiger charge is -2.28. The van der Waals surface area contributed by atoms with E-state index >= 15 is 0 Å². The van der Waals surface area contributed by atoms with E-state index in [1.54, 1.807) is 0 Å². The Kier molecular flexibility index (Phi) is 9.24. The zero-order chi connectivity index (χ0) is 39.8. The third-order valence-electron chi connectivity index (χ3n) is 11.8. The molecule has 0 spiro atoms. The molecule has 282 valence electrons. The molecule has 0 aliphatic heterocycles. The maximum Gasteiger partial charge on any atom is 0.0468 e. The predicted molar refractivity (Wildman–Crippen MR) is 252 cm³/mol. The topological polar surface area (TPSA) is 6.48 Å². The first kappa shape index (κ1) is 36.0. The van der Waals surface area contributed by atoms with Crippen molar-refractivity contribution in [1.82, 2.24) is 0 Å². The summed E-state index contributed by atoms with van der Waals surface area (Å²) in [4.78, 5) is 4.68. The van der Waals surface area contributed by atoms with Gasteiger partial charge in [0.1, 0.15) is 0 Å². The van der Waals surface area contributed by atoms with Crippen molar-refractivity contribution in [2.24, 2.45) is 0 Å². The second kappa shape index (κ2) is 15.2. The van der Waals surface area contributed by atoms with Crippen LogP contribution in [-0.2, 0) is 5.41 Å². The average molecular weight is 757 g/mol. The van der Waals surface area contributed by atoms with Gasteiger partial charge in [-0.2, -0.15) is 0 Å². The fourth-order valence-electron chi connectivity index (χ4n) is 8.71. The van der Waals surface area contributed by atoms with Crippen molar-refractivity contribution in [1.29, 1.82) is 0 Å². The smallest absolute Gasteiger partial charge is 0.0468 e. The predicted octanol–water partition coefficient (Wildman–Crippen LogP) is 15.9. The molecule has 0 amide bonds. The Morgan fingerprint density at radius 2 is 0.746 bits per heavy atom. The van der Waals surface area contributed by atoms with Crippen LogP contribution in [0, 0.1) is 0 Å². The van der Waals surface area contributed by atoms with E-state index in [2.05, 4.69) is 254 Å². The summed E-state index contributed by atoms with van der Waals surface area (Å²) in [5.74, 6) is 0. The minimum absolute atomic E-state index is 0.0819. The molecule has 9 aromatic carbocycles. The number of benzene rings is 9. The normalized spacial score (nSPS) is 12.6. The molecule has 0 fully saturated rings. The highest BCUT2D eigenvalue weighted by atomic mass is 15.1. The molecule has 0 heterocycles. The highest BCUT2D eigenvalue weighted by molar-refractivity contribution is 5.91. The second-order valence-corrected chi connectivity index (χ2v) is 15.9. The lowest BCUT2D eigenvalue weighted by Crippen LogP contribution is -2.16. The van der Waals surface area contributed by atoms with Gasteiger partial charge in [0.2, 0.25) is 0 Å². The van der Waals surface area contributed by atoms with Gasteiger partial charge in [-0.1, -0.05) is 172 Å². The molecule has 0 atom stereocenters. The Morgan fingerprint density at radius 3 is 1.39 bits per heavy atom. The number of hydrogen-bond acceptors (Lipinski definition) is 2. The van der Waals surface area contributed by atoms with Crippen molar-refractivity contribution < 1.29 is 0 Å². The number of hydrogen-bond donors (Lipinski definition) is 0. The van der Waals surface area contributed by atoms with Crippen LogP contribution in [0.15, 0.2) is 218 Å². The van der Waals surface area contributed by atoms with Gasteiger partial charge in [0.15, 0.2) is 0 Å². The van der Waals surface area contributed by atoms with E-state index in [0.717, 1.165) is 45.3 Å². The molecule has 2 nitrogen and oxygen atoms in total. The lowest BCUT2D eigenvalue weighted by atomic mass is 9.82. The Morgan fingerprint density at radius 1 is 0.322 bits per heavy atom. The van der Waals surface area contributed by atoms with Gasteiger partial charge in [-0.25, -0.2) is 0 Å². The fraction of sp³-hybridized carbons (Fsp3) is 0.0526. The van der Waals surface area contributed by atoms with Crippen molar-refractivity contribution in [2.45, 2.75) is 19.3 Å². The van der Waals surface area contributed by atoms with Crippen LogP contribution in [0.4, 0.5) is 34.1 Å². The molecule has 0 saturated heterocycles. The van der Waals surface area contributed by atoms with Crippen LogP contribution >= 0.6 is 0 Å². The molecule has 0 saturated carbocycles. The minimum Gasteiger partial charge on any atom is -0.311 e. The standard InChI is InChI=1S/C57H44N2/c1-57(2)55-20-12-11-19-53(55)54-38-37-52(40-56(54)57)59(51-36-31-43-13-9-10-14-46(43)39-51)49-32-25-42(26-33-49)22-21-41-23-27-44(28-24-41)45-29-34-50(35-30-45)58(47-15-5-3-6-16-47)48-17-7-4-8-18-48/h3-40H,1-2H3. The molecule has 1 aliphatic carbocycles. The number of nitrogens with zero attached hydrogens (tertiary/aromatic N) is 2. The molecule has 9 aromatic rings. The highest BCUT2D eigenvalue weighted by Gasteiger charge is 2.35. The lowest BCUT2D eigenvalue weighted by molar-refractivity contribution is 0.660. The first-order chi connectivity index (χ1) is 29.0. The van der Waals surface area contributed by atoms with Crippen molar-refractivity contribution in [3.63, 3.8) is 0 Å². The van der Waals surface area contributed by atoms with Crippen molar-refractivity contribution in [2.75, 3.05) is 9.80 Å². The van der Waals surface area contributed by atoms with Crippen LogP contribution in [0.25, 0.3) is 45.2 Å². The molecule has 59 heavy (non-hydrogen) atoms. The van der Waals surface area contributed by atoms with Gasteiger partial charge in [-0.3, -0.25) is 0 Å². The number of rotatable bonds is 9. The highest BCUT2D eigenvalue weighted by Crippen LogP contribution is 2.50. The van der Waals surface area contributed by atoms with E-state index in [0.29, 0.717) is 0 Å². The maximum atomic E-state index is 2.40. The largest absolute Gasteiger partial charge is 0.311 e. The van der Waals surface area contributed by atoms with Crippen molar-refractivity contribution in [3.8, 4) is 22.3 Å². The monoisotopic (exact) mass is 756 g/mol. The molecular formula is C57H44N2. The average Bonchev–Trinajstić information content (AvgIpc) is 3.52. The Balaban J connectivity index is 0.902. The quantitative estimate of drug-likeness (QED) is 0.135. The second-order valence-electron chi connectivity index (χ2n) is 15.9. The third kappa shape index (κ3) is 6.89. The molecule has 2 heteroatoms. The van der Waals surface area contributed by atoms with Gasteiger partial charge >= 0.3 is 0 Å². The van der Waals surface area contributed by atoms with Gasteiger partial charge in [0, 0.05) is 39.5 Å². The summed E-state index contributed by atoms with van der Waals surface area (Å²) < 4.78 is 0. The van der Waals surface area contributed by atoms with E-state index in [4.69, 9.17) is 0 Å². The molecule has 0 unspecified atom stereocenters. The molecule has 0 radical (unpaired) electrons. The van der Waals surface area contributed by atoms with Crippen LogP contribution < -0.4 is 9.80 Å². The van der Waals surface area contributed by atoms with Crippen LogP contribution in [0.1, 0.15) is 36.1 Å². The first-order valence-electron chi connectivity index (χ1n) is 20.4. The fourth-order valence-corrected chi connectivity index (χ4v) is 8.71. The Hall–Kier alpha value is -7.42. The summed E-state index contributed by atoms with van der Waals surface area (Å²) >= 11 is 0. The van der Waals surface area contributed by atoms with Crippen molar-refractivity contribution in [3.05, 3.63) is 241 Å². The molecule has 0 bridgehead atoms. The van der Waals surface area contributed by atoms with Gasteiger partial charge < -0.3 is 9.80 Å². The van der Waals surface area contributed by atoms with E-state index in [1.807, 2.05) is 0 Å². The van der Waals surface area contributed by atoms with Gasteiger partial charge in [-0.15, -0.1) is 0 Å². The molecule has 0 N–H and O–H groups in total. The number of para-hydroxylation sites is 2. The molecule has 0 aromatic heterocycles. The maximum absolute atomic E-state index is 2.40. The summed E-state index contributed by atoms with van der Waals surface area (Å²) in [5, 5.41) is 2.46. The van der Waals surface area contributed by atoms with Crippen LogP contribution in [0.5, 0.6) is 0 Å². The van der Waals surface area contributed by atoms with E-state index in [9.17, 15) is 0 Å². The molecule has 10 rings (SSSR count). The van der Waals surface area contributed by atoms with Crippen LogP contribution in [-0.4, -0.2) is 0 Å². The number of anilines is 6. The summed E-state index contributed by atoms with van der Waals surface area (Å²) in [5.41, 5.74) is 16.8. The van der Waals surface area contributed by atoms with Gasteiger partial charge in [-0.05, 0) is 128 Å². The summed E-state index contributed by atoms with van der Waals surface area (Å²) in [6, 6.07) is 78.8. The van der Waals surface area contributed by atoms with Crippen molar-refractivity contribution >= 4 is 57.0 Å². The minimum atomic E-state index is -0.0819. The molecule has 1 aliphatic rings. The SMILES string of the molecule is CC1(C)c2ccccc2-c2ccc(N(c3ccc(C=Cc4ccc(-c5ccc(N(c6ccccc6)c6ccccc6)cc5)cc4)cc3)c3ccc4ccccc4c3)cc21. The van der Waals surface area contributed by atoms with Crippen LogP contribution in [0.2, 0.25) is 0 Å². The Labute approximate surface area is 347 Å². The van der Waals surface area contributed by atoms with E-state index < -0.39 is 0 Å². The summed E-state index contributed by atoms with van der Waals surface area (Å²) in [7, 11) is 0. The van der Waals surface area contributed by atoms with E-state index in [1.165, 1.54) is 44.2 Å². The summed E-state index contributed by atoms with van der Waals surface area (Å²) in [6.45, 7) is 4.70. The zero-order valence-corrected chi connectivity index (χ0v) is 33.3. The third-order valence-corrected chi connectivity index (χ3v) is 11.8. The van der Waals surface area contributed by atoms with E-state index in [-0.39, 0.29) is 5.41 Å². The summed E-state index contributed by atoms with van der Waals surface area (Å²) in [6.07, 6.45) is 4.39. The number of fused-ring (bicyclic) bond motifs is 4. The molecular weight excluding hydrogens is 713 g/mol. The van der Waals surface area contributed by atoms with Gasteiger partial charge in [0.05, 0.1) is 0 Å². The first-order valence-corrected chi connectivity index (χ1v) is 20.4. The zero-order valence-electron chi connectivity index (χ0n) is 33.3. The van der Waals surface area contributed by atoms with Crippen LogP contribution in [0.3, 0.4) is 0 Å². The van der Waals surface area contributed by atoms with Gasteiger partial charge in [0.25, 0.3) is 0 Å². The Bertz CT molecular complexity index is 2890.